The standard InChI is InChI=1S/C22H21NO5/c1-14-18(21(24)25)20(17-10-12-27-13-17)19(15(2)23-14)22(26)28-11-6-9-16-7-4-3-5-8-16/h3-10,12-13,18,20H,11H2,1-2H3,(H,24,25). The van der Waals surface area contributed by atoms with Crippen LogP contribution in [0.25, 0.3) is 6.08 Å². The maximum atomic E-state index is 12.8. The van der Waals surface area contributed by atoms with Gasteiger partial charge in [0.05, 0.1) is 18.1 Å². The lowest BCUT2D eigenvalue weighted by atomic mass is 9.76. The molecular formula is C22H21NO5. The maximum Gasteiger partial charge on any atom is 0.336 e. The number of furan rings is 1. The van der Waals surface area contributed by atoms with Crippen molar-refractivity contribution in [2.45, 2.75) is 19.8 Å². The van der Waals surface area contributed by atoms with E-state index in [0.717, 1.165) is 5.56 Å². The van der Waals surface area contributed by atoms with Crippen molar-refractivity contribution in [2.24, 2.45) is 10.9 Å². The highest BCUT2D eigenvalue weighted by Gasteiger charge is 2.42. The molecule has 1 aliphatic heterocycles. The molecule has 0 saturated carbocycles. The summed E-state index contributed by atoms with van der Waals surface area (Å²) in [4.78, 5) is 28.9. The van der Waals surface area contributed by atoms with Crippen LogP contribution in [0.4, 0.5) is 0 Å². The van der Waals surface area contributed by atoms with Crippen LogP contribution in [0.2, 0.25) is 0 Å². The number of carboxylic acids is 1. The smallest absolute Gasteiger partial charge is 0.336 e. The number of aliphatic imine (C=N–C) groups is 1. The zero-order valence-electron chi connectivity index (χ0n) is 15.7. The van der Waals surface area contributed by atoms with Crippen LogP contribution < -0.4 is 0 Å². The van der Waals surface area contributed by atoms with Crippen LogP contribution in [0.5, 0.6) is 0 Å². The van der Waals surface area contributed by atoms with Crippen LogP contribution in [-0.2, 0) is 14.3 Å². The van der Waals surface area contributed by atoms with Crippen molar-refractivity contribution in [3.63, 3.8) is 0 Å². The lowest BCUT2D eigenvalue weighted by Crippen LogP contribution is -2.35. The first-order chi connectivity index (χ1) is 13.5. The van der Waals surface area contributed by atoms with Crippen molar-refractivity contribution in [3.05, 3.63) is 77.4 Å². The van der Waals surface area contributed by atoms with Crippen LogP contribution in [-0.4, -0.2) is 29.4 Å². The molecule has 1 aliphatic rings. The van der Waals surface area contributed by atoms with E-state index in [9.17, 15) is 14.7 Å². The summed E-state index contributed by atoms with van der Waals surface area (Å²) in [5, 5.41) is 9.71. The molecule has 144 valence electrons. The minimum absolute atomic E-state index is 0.0725. The lowest BCUT2D eigenvalue weighted by Gasteiger charge is -2.29. The third-order valence-corrected chi connectivity index (χ3v) is 4.64. The Hall–Kier alpha value is -3.41. The van der Waals surface area contributed by atoms with E-state index in [1.807, 2.05) is 36.4 Å². The first-order valence-electron chi connectivity index (χ1n) is 8.88. The molecule has 1 aromatic carbocycles. The summed E-state index contributed by atoms with van der Waals surface area (Å²) in [6.07, 6.45) is 6.50. The fourth-order valence-electron chi connectivity index (χ4n) is 3.38. The Morgan fingerprint density at radius 2 is 1.96 bits per heavy atom. The van der Waals surface area contributed by atoms with Crippen molar-refractivity contribution in [1.82, 2.24) is 0 Å². The number of ether oxygens (including phenoxy) is 1. The summed E-state index contributed by atoms with van der Waals surface area (Å²) in [7, 11) is 0. The fourth-order valence-corrected chi connectivity index (χ4v) is 3.38. The summed E-state index contributed by atoms with van der Waals surface area (Å²) in [5.41, 5.74) is 2.74. The third-order valence-electron chi connectivity index (χ3n) is 4.64. The number of hydrogen-bond donors (Lipinski definition) is 1. The van der Waals surface area contributed by atoms with Gasteiger partial charge in [-0.2, -0.15) is 0 Å². The van der Waals surface area contributed by atoms with Crippen molar-refractivity contribution < 1.29 is 23.8 Å². The summed E-state index contributed by atoms with van der Waals surface area (Å²) in [6, 6.07) is 11.3. The van der Waals surface area contributed by atoms with Gasteiger partial charge in [0.25, 0.3) is 0 Å². The molecular weight excluding hydrogens is 358 g/mol. The summed E-state index contributed by atoms with van der Waals surface area (Å²) in [5.74, 6) is -3.29. The van der Waals surface area contributed by atoms with Gasteiger partial charge in [-0.1, -0.05) is 36.4 Å². The molecule has 2 unspecified atom stereocenters. The third kappa shape index (κ3) is 4.11. The van der Waals surface area contributed by atoms with Crippen molar-refractivity contribution in [2.75, 3.05) is 6.61 Å². The van der Waals surface area contributed by atoms with Gasteiger partial charge in [-0.05, 0) is 37.1 Å². The van der Waals surface area contributed by atoms with E-state index in [2.05, 4.69) is 4.99 Å². The molecule has 0 spiro atoms. The zero-order valence-corrected chi connectivity index (χ0v) is 15.7. The highest BCUT2D eigenvalue weighted by Crippen LogP contribution is 2.39. The molecule has 0 amide bonds. The molecule has 0 aliphatic carbocycles. The Morgan fingerprint density at radius 1 is 1.21 bits per heavy atom. The second-order valence-corrected chi connectivity index (χ2v) is 6.51. The number of rotatable bonds is 6. The Labute approximate surface area is 162 Å². The molecule has 0 bridgehead atoms. The minimum Gasteiger partial charge on any atom is -0.481 e. The number of benzene rings is 1. The van der Waals surface area contributed by atoms with E-state index >= 15 is 0 Å². The second-order valence-electron chi connectivity index (χ2n) is 6.51. The first kappa shape index (κ1) is 19.4. The van der Waals surface area contributed by atoms with Crippen LogP contribution in [0, 0.1) is 5.92 Å². The van der Waals surface area contributed by atoms with Gasteiger partial charge in [0.2, 0.25) is 0 Å². The van der Waals surface area contributed by atoms with Crippen LogP contribution in [0.1, 0.15) is 30.9 Å². The fraction of sp³-hybridized carbons (Fsp3) is 0.227. The molecule has 2 atom stereocenters. The second kappa shape index (κ2) is 8.52. The molecule has 0 radical (unpaired) electrons. The summed E-state index contributed by atoms with van der Waals surface area (Å²) < 4.78 is 10.5. The Morgan fingerprint density at radius 3 is 2.61 bits per heavy atom. The number of nitrogens with zero attached hydrogens (tertiary/aromatic N) is 1. The van der Waals surface area contributed by atoms with Crippen LogP contribution >= 0.6 is 0 Å². The SMILES string of the molecule is CC1=NC(C)=C(C(=O)OCC=Cc2ccccc2)C(c2ccoc2)C1C(=O)O. The number of aliphatic carboxylic acids is 1. The van der Waals surface area contributed by atoms with E-state index in [0.29, 0.717) is 17.0 Å². The highest BCUT2D eigenvalue weighted by atomic mass is 16.5. The van der Waals surface area contributed by atoms with Crippen LogP contribution in [0.15, 0.2) is 75.7 Å². The number of carbonyl (C=O) groups is 2. The molecule has 1 N–H and O–H groups in total. The van der Waals surface area contributed by atoms with Gasteiger partial charge in [-0.15, -0.1) is 0 Å². The largest absolute Gasteiger partial charge is 0.481 e. The molecule has 3 rings (SSSR count). The summed E-state index contributed by atoms with van der Waals surface area (Å²) >= 11 is 0. The monoisotopic (exact) mass is 379 g/mol. The van der Waals surface area contributed by atoms with Gasteiger partial charge in [0.15, 0.2) is 0 Å². The topological polar surface area (TPSA) is 89.1 Å². The molecule has 2 heterocycles. The van der Waals surface area contributed by atoms with Gasteiger partial charge in [-0.25, -0.2) is 4.79 Å². The maximum absolute atomic E-state index is 12.8. The normalized spacial score (nSPS) is 19.6. The average molecular weight is 379 g/mol. The van der Waals surface area contributed by atoms with E-state index in [4.69, 9.17) is 9.15 Å². The quantitative estimate of drug-likeness (QED) is 0.764. The van der Waals surface area contributed by atoms with E-state index in [1.54, 1.807) is 26.0 Å². The van der Waals surface area contributed by atoms with Gasteiger partial charge < -0.3 is 14.3 Å². The molecule has 2 aromatic rings. The molecule has 0 fully saturated rings. The van der Waals surface area contributed by atoms with Crippen molar-refractivity contribution in [3.8, 4) is 0 Å². The number of esters is 1. The molecule has 28 heavy (non-hydrogen) atoms. The molecule has 0 saturated heterocycles. The van der Waals surface area contributed by atoms with Gasteiger partial charge in [0.1, 0.15) is 12.5 Å². The highest BCUT2D eigenvalue weighted by molar-refractivity contribution is 6.06. The van der Waals surface area contributed by atoms with Crippen LogP contribution in [0.3, 0.4) is 0 Å². The van der Waals surface area contributed by atoms with E-state index in [1.165, 1.54) is 12.5 Å². The van der Waals surface area contributed by atoms with Gasteiger partial charge in [-0.3, -0.25) is 9.79 Å². The van der Waals surface area contributed by atoms with Gasteiger partial charge >= 0.3 is 11.9 Å². The predicted molar refractivity (Wildman–Crippen MR) is 105 cm³/mol. The van der Waals surface area contributed by atoms with E-state index in [-0.39, 0.29) is 12.2 Å². The molecule has 1 aromatic heterocycles. The first-order valence-corrected chi connectivity index (χ1v) is 8.88. The number of allylic oxidation sites excluding steroid dienone is 1. The Bertz CT molecular complexity index is 939. The number of carboxylic acid groups (broad SMARTS) is 1. The molecule has 6 heteroatoms. The lowest BCUT2D eigenvalue weighted by molar-refractivity contribution is -0.140. The number of hydrogen-bond acceptors (Lipinski definition) is 5. The van der Waals surface area contributed by atoms with Crippen molar-refractivity contribution >= 4 is 23.7 Å². The Kier molecular flexibility index (Phi) is 5.89. The number of carbonyl (C=O) groups excluding carboxylic acids is 1. The zero-order chi connectivity index (χ0) is 20.1. The van der Waals surface area contributed by atoms with Gasteiger partial charge in [0, 0.05) is 17.3 Å². The molecule has 6 nitrogen and oxygen atoms in total. The predicted octanol–water partition coefficient (Wildman–Crippen LogP) is 4.07. The Balaban J connectivity index is 1.82. The summed E-state index contributed by atoms with van der Waals surface area (Å²) in [6.45, 7) is 3.41. The minimum atomic E-state index is -1.05. The van der Waals surface area contributed by atoms with E-state index < -0.39 is 23.8 Å². The van der Waals surface area contributed by atoms with Crippen molar-refractivity contribution in [1.29, 1.82) is 0 Å². The average Bonchev–Trinajstić information content (AvgIpc) is 3.19.